The van der Waals surface area contributed by atoms with Crippen LogP contribution in [-0.2, 0) is 6.61 Å². The maximum absolute atomic E-state index is 12.9. The number of hydrogen-bond donors (Lipinski definition) is 1. The van der Waals surface area contributed by atoms with E-state index in [0.29, 0.717) is 30.2 Å². The number of nitrogens with one attached hydrogen (secondary N) is 1. The summed E-state index contributed by atoms with van der Waals surface area (Å²) < 4.78 is 17.4. The summed E-state index contributed by atoms with van der Waals surface area (Å²) in [7, 11) is 0. The van der Waals surface area contributed by atoms with Crippen LogP contribution >= 0.6 is 0 Å². The molecule has 4 aromatic rings. The van der Waals surface area contributed by atoms with E-state index in [1.807, 2.05) is 80.6 Å². The summed E-state index contributed by atoms with van der Waals surface area (Å²) in [5.74, 6) is 2.06. The zero-order valence-corrected chi connectivity index (χ0v) is 18.8. The molecule has 0 unspecified atom stereocenters. The molecule has 0 bridgehead atoms. The molecule has 0 saturated heterocycles. The van der Waals surface area contributed by atoms with Gasteiger partial charge in [0.15, 0.2) is 0 Å². The molecule has 4 rings (SSSR count). The van der Waals surface area contributed by atoms with E-state index >= 15 is 0 Å². The average molecular weight is 442 g/mol. The van der Waals surface area contributed by atoms with Gasteiger partial charge in [-0.15, -0.1) is 0 Å². The third-order valence-electron chi connectivity index (χ3n) is 5.18. The van der Waals surface area contributed by atoms with Crippen LogP contribution in [0.5, 0.6) is 17.2 Å². The number of rotatable bonds is 9. The minimum atomic E-state index is -0.200. The van der Waals surface area contributed by atoms with Gasteiger partial charge in [0.1, 0.15) is 23.9 Å². The van der Waals surface area contributed by atoms with Gasteiger partial charge in [0.25, 0.3) is 5.91 Å². The van der Waals surface area contributed by atoms with Crippen LogP contribution in [0.2, 0.25) is 0 Å². The van der Waals surface area contributed by atoms with Crippen molar-refractivity contribution in [3.63, 3.8) is 0 Å². The third kappa shape index (κ3) is 5.44. The topological polar surface area (TPSA) is 56.8 Å². The van der Waals surface area contributed by atoms with E-state index in [1.54, 1.807) is 6.07 Å². The zero-order valence-electron chi connectivity index (χ0n) is 18.8. The molecule has 0 aliphatic rings. The first-order valence-electron chi connectivity index (χ1n) is 11.1. The number of benzene rings is 4. The third-order valence-corrected chi connectivity index (χ3v) is 5.18. The Morgan fingerprint density at radius 2 is 1.52 bits per heavy atom. The first kappa shape index (κ1) is 22.2. The van der Waals surface area contributed by atoms with E-state index in [-0.39, 0.29) is 12.5 Å². The van der Waals surface area contributed by atoms with Gasteiger partial charge in [-0.25, -0.2) is 0 Å². The number of carbonyl (C=O) groups is 1. The molecule has 168 valence electrons. The molecule has 1 N–H and O–H groups in total. The lowest BCUT2D eigenvalue weighted by atomic mass is 10.1. The van der Waals surface area contributed by atoms with Gasteiger partial charge in [-0.2, -0.15) is 0 Å². The molecule has 0 aromatic heterocycles. The Morgan fingerprint density at radius 3 is 2.30 bits per heavy atom. The van der Waals surface area contributed by atoms with Gasteiger partial charge < -0.3 is 19.5 Å². The van der Waals surface area contributed by atoms with E-state index in [0.717, 1.165) is 27.8 Å². The van der Waals surface area contributed by atoms with E-state index in [4.69, 9.17) is 14.2 Å². The van der Waals surface area contributed by atoms with Gasteiger partial charge in [-0.05, 0) is 67.8 Å². The molecule has 5 heteroatoms. The molecular weight excluding hydrogens is 414 g/mol. The normalized spacial score (nSPS) is 10.6. The van der Waals surface area contributed by atoms with Crippen molar-refractivity contribution in [3.8, 4) is 17.2 Å². The highest BCUT2D eigenvalue weighted by molar-refractivity contribution is 6.04. The van der Waals surface area contributed by atoms with Crippen molar-refractivity contribution < 1.29 is 19.0 Å². The van der Waals surface area contributed by atoms with Crippen LogP contribution < -0.4 is 19.5 Å². The summed E-state index contributed by atoms with van der Waals surface area (Å²) in [5, 5.41) is 5.09. The summed E-state index contributed by atoms with van der Waals surface area (Å²) in [6.07, 6.45) is 0. The van der Waals surface area contributed by atoms with Crippen molar-refractivity contribution in [3.05, 3.63) is 96.1 Å². The van der Waals surface area contributed by atoms with Gasteiger partial charge in [-0.1, -0.05) is 36.4 Å². The number of amides is 1. The molecule has 0 spiro atoms. The lowest BCUT2D eigenvalue weighted by Crippen LogP contribution is -2.13. The van der Waals surface area contributed by atoms with Crippen molar-refractivity contribution >= 4 is 22.4 Å². The second-order valence-electron chi connectivity index (χ2n) is 7.43. The number of anilines is 1. The second-order valence-corrected chi connectivity index (χ2v) is 7.43. The van der Waals surface area contributed by atoms with E-state index in [2.05, 4.69) is 17.4 Å². The Bertz CT molecular complexity index is 1230. The first-order valence-corrected chi connectivity index (χ1v) is 11.1. The molecule has 33 heavy (non-hydrogen) atoms. The molecule has 4 aromatic carbocycles. The summed E-state index contributed by atoms with van der Waals surface area (Å²) in [6.45, 7) is 5.28. The fraction of sp³-hybridized carbons (Fsp3) is 0.179. The quantitative estimate of drug-likeness (QED) is 0.323. The largest absolute Gasteiger partial charge is 0.494 e. The van der Waals surface area contributed by atoms with Crippen molar-refractivity contribution in [2.45, 2.75) is 20.5 Å². The fourth-order valence-corrected chi connectivity index (χ4v) is 3.61. The first-order chi connectivity index (χ1) is 16.2. The van der Waals surface area contributed by atoms with Crippen molar-refractivity contribution in [2.24, 2.45) is 0 Å². The lowest BCUT2D eigenvalue weighted by Gasteiger charge is -2.14. The van der Waals surface area contributed by atoms with Gasteiger partial charge >= 0.3 is 0 Å². The second kappa shape index (κ2) is 10.6. The average Bonchev–Trinajstić information content (AvgIpc) is 2.85. The monoisotopic (exact) mass is 441 g/mol. The van der Waals surface area contributed by atoms with Crippen molar-refractivity contribution in [2.75, 3.05) is 18.5 Å². The molecule has 0 saturated carbocycles. The van der Waals surface area contributed by atoms with Crippen LogP contribution in [0.25, 0.3) is 10.8 Å². The van der Waals surface area contributed by atoms with Crippen LogP contribution in [0, 0.1) is 0 Å². The van der Waals surface area contributed by atoms with Crippen LogP contribution in [0.1, 0.15) is 29.8 Å². The Morgan fingerprint density at radius 1 is 0.758 bits per heavy atom. The Balaban J connectivity index is 1.52. The molecule has 0 atom stereocenters. The van der Waals surface area contributed by atoms with Gasteiger partial charge in [0.05, 0.1) is 13.2 Å². The SMILES string of the molecule is CCOc1ccc(NC(=O)c2ccc(OCC)c(COc3cccc4ccccc34)c2)cc1. The van der Waals surface area contributed by atoms with Crippen LogP contribution in [-0.4, -0.2) is 19.1 Å². The molecule has 1 amide bonds. The Hall–Kier alpha value is -3.99. The van der Waals surface area contributed by atoms with Crippen LogP contribution in [0.3, 0.4) is 0 Å². The number of hydrogen-bond acceptors (Lipinski definition) is 4. The summed E-state index contributed by atoms with van der Waals surface area (Å²) in [5.41, 5.74) is 2.04. The highest BCUT2D eigenvalue weighted by atomic mass is 16.5. The minimum absolute atomic E-state index is 0.200. The Kier molecular flexibility index (Phi) is 7.10. The molecular formula is C28H27NO4. The predicted octanol–water partition coefficient (Wildman–Crippen LogP) is 6.47. The summed E-state index contributed by atoms with van der Waals surface area (Å²) in [6, 6.07) is 26.8. The molecule has 5 nitrogen and oxygen atoms in total. The lowest BCUT2D eigenvalue weighted by molar-refractivity contribution is 0.102. The number of carbonyl (C=O) groups excluding carboxylic acids is 1. The summed E-state index contributed by atoms with van der Waals surface area (Å²) >= 11 is 0. The smallest absolute Gasteiger partial charge is 0.255 e. The molecule has 0 heterocycles. The Labute approximate surface area is 193 Å². The standard InChI is InChI=1S/C28H27NO4/c1-3-31-24-15-13-23(14-16-24)29-28(30)21-12-17-26(32-4-2)22(18-21)19-33-27-11-7-9-20-8-5-6-10-25(20)27/h5-18H,3-4,19H2,1-2H3,(H,29,30). The zero-order chi connectivity index (χ0) is 23.0. The van der Waals surface area contributed by atoms with Crippen molar-refractivity contribution in [1.82, 2.24) is 0 Å². The fourth-order valence-electron chi connectivity index (χ4n) is 3.61. The van der Waals surface area contributed by atoms with E-state index in [9.17, 15) is 4.79 Å². The number of ether oxygens (including phenoxy) is 3. The minimum Gasteiger partial charge on any atom is -0.494 e. The number of fused-ring (bicyclic) bond motifs is 1. The van der Waals surface area contributed by atoms with Gasteiger partial charge in [-0.3, -0.25) is 4.79 Å². The maximum atomic E-state index is 12.9. The van der Waals surface area contributed by atoms with Crippen molar-refractivity contribution in [1.29, 1.82) is 0 Å². The van der Waals surface area contributed by atoms with E-state index in [1.165, 1.54) is 0 Å². The highest BCUT2D eigenvalue weighted by Gasteiger charge is 2.13. The van der Waals surface area contributed by atoms with Gasteiger partial charge in [0.2, 0.25) is 0 Å². The molecule has 0 radical (unpaired) electrons. The van der Waals surface area contributed by atoms with Crippen LogP contribution in [0.15, 0.2) is 84.9 Å². The molecule has 0 aliphatic carbocycles. The van der Waals surface area contributed by atoms with Crippen LogP contribution in [0.4, 0.5) is 5.69 Å². The maximum Gasteiger partial charge on any atom is 0.255 e. The summed E-state index contributed by atoms with van der Waals surface area (Å²) in [4.78, 5) is 12.9. The van der Waals surface area contributed by atoms with Gasteiger partial charge in [0, 0.05) is 22.2 Å². The molecule has 0 aliphatic heterocycles. The highest BCUT2D eigenvalue weighted by Crippen LogP contribution is 2.28. The van der Waals surface area contributed by atoms with E-state index < -0.39 is 0 Å². The predicted molar refractivity (Wildman–Crippen MR) is 131 cm³/mol. The molecule has 0 fully saturated rings.